The summed E-state index contributed by atoms with van der Waals surface area (Å²) in [5, 5.41) is 2.85. The van der Waals surface area contributed by atoms with Crippen molar-refractivity contribution in [2.24, 2.45) is 0 Å². The van der Waals surface area contributed by atoms with Crippen LogP contribution in [0, 0.1) is 6.92 Å². The Morgan fingerprint density at radius 2 is 2.00 bits per heavy atom. The molecule has 0 saturated carbocycles. The maximum Gasteiger partial charge on any atom is 0.204 e. The molecular weight excluding hydrogens is 263 g/mol. The second-order valence-electron chi connectivity index (χ2n) is 3.39. The minimum Gasteiger partial charge on any atom is -0.288 e. The summed E-state index contributed by atoms with van der Waals surface area (Å²) in [6, 6.07) is 7.00. The highest BCUT2D eigenvalue weighted by molar-refractivity contribution is 7.13. The summed E-state index contributed by atoms with van der Waals surface area (Å²) in [6.07, 6.45) is 0. The third-order valence-electron chi connectivity index (χ3n) is 2.27. The van der Waals surface area contributed by atoms with Gasteiger partial charge in [0.25, 0.3) is 0 Å². The Hall–Kier alpha value is -0.830. The molecule has 0 unspecified atom stereocenters. The zero-order valence-corrected chi connectivity index (χ0v) is 10.8. The first kappa shape index (κ1) is 11.6. The maximum absolute atomic E-state index is 12.2. The van der Waals surface area contributed by atoms with Crippen LogP contribution in [-0.2, 0) is 0 Å². The summed E-state index contributed by atoms with van der Waals surface area (Å²) in [7, 11) is 0. The van der Waals surface area contributed by atoms with Gasteiger partial charge in [-0.25, -0.2) is 0 Å². The second-order valence-corrected chi connectivity index (χ2v) is 5.15. The molecule has 1 heterocycles. The Labute approximate surface area is 108 Å². The third kappa shape index (κ3) is 2.14. The predicted octanol–water partition coefficient (Wildman–Crippen LogP) is 4.59. The molecule has 0 aliphatic carbocycles. The molecular formula is C12H8Cl2OS. The molecule has 0 aliphatic rings. The molecule has 1 nitrogen and oxygen atoms in total. The number of ketones is 1. The molecule has 0 spiro atoms. The van der Waals surface area contributed by atoms with Crippen LogP contribution in [0.3, 0.4) is 0 Å². The zero-order chi connectivity index (χ0) is 11.7. The highest BCUT2D eigenvalue weighted by Gasteiger charge is 2.16. The molecule has 1 aromatic carbocycles. The lowest BCUT2D eigenvalue weighted by Crippen LogP contribution is -2.01. The Morgan fingerprint density at radius 3 is 2.62 bits per heavy atom. The fourth-order valence-electron chi connectivity index (χ4n) is 1.42. The first-order valence-corrected chi connectivity index (χ1v) is 6.27. The van der Waals surface area contributed by atoms with Gasteiger partial charge in [-0.05, 0) is 36.1 Å². The number of carbonyl (C=O) groups excluding carboxylic acids is 1. The van der Waals surface area contributed by atoms with E-state index in [0.29, 0.717) is 20.5 Å². The van der Waals surface area contributed by atoms with Crippen molar-refractivity contribution in [3.8, 4) is 0 Å². The monoisotopic (exact) mass is 270 g/mol. The van der Waals surface area contributed by atoms with Gasteiger partial charge in [0.15, 0.2) is 0 Å². The minimum absolute atomic E-state index is 0.0694. The van der Waals surface area contributed by atoms with Crippen LogP contribution in [0.1, 0.15) is 20.8 Å². The van der Waals surface area contributed by atoms with E-state index in [2.05, 4.69) is 0 Å². The van der Waals surface area contributed by atoms with E-state index in [9.17, 15) is 4.79 Å². The Bertz CT molecular complexity index is 546. The highest BCUT2D eigenvalue weighted by Crippen LogP contribution is 2.27. The van der Waals surface area contributed by atoms with Gasteiger partial charge in [-0.15, -0.1) is 11.3 Å². The largest absolute Gasteiger partial charge is 0.288 e. The SMILES string of the molecule is Cc1ccc(Cl)cc1C(=O)c1sccc1Cl. The Morgan fingerprint density at radius 1 is 1.25 bits per heavy atom. The van der Waals surface area contributed by atoms with Gasteiger partial charge >= 0.3 is 0 Å². The molecule has 0 aliphatic heterocycles. The smallest absolute Gasteiger partial charge is 0.204 e. The van der Waals surface area contributed by atoms with Crippen LogP contribution in [0.4, 0.5) is 0 Å². The molecule has 0 saturated heterocycles. The van der Waals surface area contributed by atoms with Gasteiger partial charge < -0.3 is 0 Å². The van der Waals surface area contributed by atoms with Crippen LogP contribution in [0.25, 0.3) is 0 Å². The maximum atomic E-state index is 12.2. The van der Waals surface area contributed by atoms with Crippen molar-refractivity contribution in [3.63, 3.8) is 0 Å². The van der Waals surface area contributed by atoms with Gasteiger partial charge in [0.05, 0.1) is 9.90 Å². The van der Waals surface area contributed by atoms with Crippen molar-refractivity contribution in [2.75, 3.05) is 0 Å². The van der Waals surface area contributed by atoms with Gasteiger partial charge in [0.1, 0.15) is 0 Å². The van der Waals surface area contributed by atoms with E-state index >= 15 is 0 Å². The highest BCUT2D eigenvalue weighted by atomic mass is 35.5. The van der Waals surface area contributed by atoms with E-state index in [1.165, 1.54) is 11.3 Å². The van der Waals surface area contributed by atoms with E-state index in [1.54, 1.807) is 23.6 Å². The van der Waals surface area contributed by atoms with E-state index in [-0.39, 0.29) is 5.78 Å². The summed E-state index contributed by atoms with van der Waals surface area (Å²) >= 11 is 13.2. The van der Waals surface area contributed by atoms with Gasteiger partial charge in [-0.2, -0.15) is 0 Å². The summed E-state index contributed by atoms with van der Waals surface area (Å²) in [5.74, 6) is -0.0694. The second kappa shape index (κ2) is 4.58. The fraction of sp³-hybridized carbons (Fsp3) is 0.0833. The first-order chi connectivity index (χ1) is 7.59. The number of hydrogen-bond acceptors (Lipinski definition) is 2. The van der Waals surface area contributed by atoms with Crippen LogP contribution in [-0.4, -0.2) is 5.78 Å². The van der Waals surface area contributed by atoms with Crippen LogP contribution in [0.2, 0.25) is 10.0 Å². The number of hydrogen-bond donors (Lipinski definition) is 0. The number of halogens is 2. The van der Waals surface area contributed by atoms with Gasteiger partial charge in [-0.3, -0.25) is 4.79 Å². The van der Waals surface area contributed by atoms with Crippen molar-refractivity contribution >= 4 is 40.3 Å². The number of rotatable bonds is 2. The average molecular weight is 271 g/mol. The molecule has 0 radical (unpaired) electrons. The van der Waals surface area contributed by atoms with Gasteiger partial charge in [0, 0.05) is 10.6 Å². The molecule has 0 atom stereocenters. The number of benzene rings is 1. The zero-order valence-electron chi connectivity index (χ0n) is 8.46. The van der Waals surface area contributed by atoms with Gasteiger partial charge in [-0.1, -0.05) is 29.3 Å². The Balaban J connectivity index is 2.49. The quantitative estimate of drug-likeness (QED) is 0.730. The van der Waals surface area contributed by atoms with Crippen molar-refractivity contribution < 1.29 is 4.79 Å². The first-order valence-electron chi connectivity index (χ1n) is 4.63. The number of carbonyl (C=O) groups is 1. The molecule has 0 amide bonds. The normalized spacial score (nSPS) is 10.4. The standard InChI is InChI=1S/C12H8Cl2OS/c1-7-2-3-8(13)6-9(7)11(15)12-10(14)4-5-16-12/h2-6H,1H3. The summed E-state index contributed by atoms with van der Waals surface area (Å²) < 4.78 is 0. The molecule has 16 heavy (non-hydrogen) atoms. The van der Waals surface area contributed by atoms with E-state index in [4.69, 9.17) is 23.2 Å². The summed E-state index contributed by atoms with van der Waals surface area (Å²) in [5.41, 5.74) is 1.51. The van der Waals surface area contributed by atoms with E-state index in [0.717, 1.165) is 5.56 Å². The molecule has 2 aromatic rings. The summed E-state index contributed by atoms with van der Waals surface area (Å²) in [4.78, 5) is 12.7. The average Bonchev–Trinajstić information content (AvgIpc) is 2.67. The fourth-order valence-corrected chi connectivity index (χ4v) is 2.68. The molecule has 0 N–H and O–H groups in total. The minimum atomic E-state index is -0.0694. The molecule has 0 bridgehead atoms. The van der Waals surface area contributed by atoms with Crippen molar-refractivity contribution in [1.29, 1.82) is 0 Å². The van der Waals surface area contributed by atoms with E-state index in [1.807, 2.05) is 13.0 Å². The molecule has 4 heteroatoms. The lowest BCUT2D eigenvalue weighted by atomic mass is 10.0. The lowest BCUT2D eigenvalue weighted by molar-refractivity contribution is 0.104. The van der Waals surface area contributed by atoms with Crippen molar-refractivity contribution in [2.45, 2.75) is 6.92 Å². The van der Waals surface area contributed by atoms with Crippen LogP contribution < -0.4 is 0 Å². The number of aryl methyl sites for hydroxylation is 1. The third-order valence-corrected chi connectivity index (χ3v) is 3.84. The molecule has 2 rings (SSSR count). The van der Waals surface area contributed by atoms with Crippen LogP contribution in [0.15, 0.2) is 29.6 Å². The molecule has 1 aromatic heterocycles. The molecule has 0 fully saturated rings. The van der Waals surface area contributed by atoms with Crippen LogP contribution >= 0.6 is 34.5 Å². The van der Waals surface area contributed by atoms with Crippen molar-refractivity contribution in [3.05, 3.63) is 55.7 Å². The number of thiophene rings is 1. The predicted molar refractivity (Wildman–Crippen MR) is 69.0 cm³/mol. The lowest BCUT2D eigenvalue weighted by Gasteiger charge is -2.04. The Kier molecular flexibility index (Phi) is 3.33. The topological polar surface area (TPSA) is 17.1 Å². The van der Waals surface area contributed by atoms with E-state index < -0.39 is 0 Å². The van der Waals surface area contributed by atoms with Crippen molar-refractivity contribution in [1.82, 2.24) is 0 Å². The molecule has 82 valence electrons. The van der Waals surface area contributed by atoms with Crippen LogP contribution in [0.5, 0.6) is 0 Å². The van der Waals surface area contributed by atoms with Gasteiger partial charge in [0.2, 0.25) is 5.78 Å². The summed E-state index contributed by atoms with van der Waals surface area (Å²) in [6.45, 7) is 1.88.